The van der Waals surface area contributed by atoms with E-state index in [-0.39, 0.29) is 54.0 Å². The molecule has 0 saturated heterocycles. The van der Waals surface area contributed by atoms with Gasteiger partial charge in [-0.15, -0.1) is 12.4 Å². The van der Waals surface area contributed by atoms with E-state index in [1.54, 1.807) is 4.90 Å². The monoisotopic (exact) mass is 485 g/mol. The third-order valence-corrected chi connectivity index (χ3v) is 7.11. The lowest BCUT2D eigenvalue weighted by Gasteiger charge is -2.33. The Morgan fingerprint density at radius 2 is 1.82 bits per heavy atom. The number of carbonyl (C=O) groups excluding carboxylic acids is 3. The van der Waals surface area contributed by atoms with Crippen molar-refractivity contribution in [2.24, 2.45) is 5.92 Å². The molecule has 0 spiro atoms. The molecular weight excluding hydrogens is 452 g/mol. The van der Waals surface area contributed by atoms with E-state index in [0.717, 1.165) is 16.9 Å². The Kier molecular flexibility index (Phi) is 7.97. The molecule has 0 saturated carbocycles. The molecule has 2 aliphatic rings. The van der Waals surface area contributed by atoms with E-state index in [1.807, 2.05) is 76.4 Å². The van der Waals surface area contributed by atoms with E-state index < -0.39 is 6.04 Å². The van der Waals surface area contributed by atoms with Gasteiger partial charge in [-0.3, -0.25) is 9.59 Å². The van der Waals surface area contributed by atoms with Crippen LogP contribution in [-0.4, -0.2) is 36.3 Å². The molecule has 5 atom stereocenters. The zero-order valence-corrected chi connectivity index (χ0v) is 21.0. The van der Waals surface area contributed by atoms with Crippen molar-refractivity contribution in [2.45, 2.75) is 64.6 Å². The van der Waals surface area contributed by atoms with Gasteiger partial charge in [-0.1, -0.05) is 44.2 Å². The molecule has 1 aromatic heterocycles. The van der Waals surface area contributed by atoms with Crippen molar-refractivity contribution in [1.82, 2.24) is 10.6 Å². The highest BCUT2D eigenvalue weighted by Crippen LogP contribution is 2.34. The second-order valence-electron chi connectivity index (χ2n) is 9.24. The average molecular weight is 486 g/mol. The summed E-state index contributed by atoms with van der Waals surface area (Å²) >= 11 is 0. The number of benzene rings is 1. The summed E-state index contributed by atoms with van der Waals surface area (Å²) in [5, 5.41) is 6.04. The van der Waals surface area contributed by atoms with Gasteiger partial charge in [-0.25, -0.2) is 9.36 Å². The van der Waals surface area contributed by atoms with E-state index in [0.29, 0.717) is 19.4 Å². The molecule has 0 aliphatic carbocycles. The maximum Gasteiger partial charge on any atom is 0.336 e. The fourth-order valence-electron chi connectivity index (χ4n) is 4.74. The molecule has 2 aromatic rings. The molecule has 2 N–H and O–H groups in total. The van der Waals surface area contributed by atoms with Crippen molar-refractivity contribution < 1.29 is 19.0 Å². The lowest BCUT2D eigenvalue weighted by Crippen LogP contribution is -2.66. The van der Waals surface area contributed by atoms with E-state index in [2.05, 4.69) is 15.2 Å². The van der Waals surface area contributed by atoms with Crippen LogP contribution >= 0.6 is 12.4 Å². The number of amides is 3. The SMILES string of the molecule is CC[C@@H](C)C(=O)N[C@@H]1C(=O)N2c3c(ccc[n+]3C1C)C[C@H]2CNC(=O)C(C)c1ccccc1.Cl. The van der Waals surface area contributed by atoms with Crippen LogP contribution in [0.2, 0.25) is 0 Å². The molecule has 7 nitrogen and oxygen atoms in total. The minimum atomic E-state index is -0.640. The third-order valence-electron chi connectivity index (χ3n) is 7.11. The van der Waals surface area contributed by atoms with Crippen LogP contribution in [-0.2, 0) is 20.8 Å². The largest absolute Gasteiger partial charge is 0.351 e. The van der Waals surface area contributed by atoms with Crippen molar-refractivity contribution in [1.29, 1.82) is 0 Å². The summed E-state index contributed by atoms with van der Waals surface area (Å²) in [5.74, 6) is 0.155. The summed E-state index contributed by atoms with van der Waals surface area (Å²) in [7, 11) is 0. The molecular formula is C26H34ClN4O3+. The number of nitrogens with one attached hydrogen (secondary N) is 2. The summed E-state index contributed by atoms with van der Waals surface area (Å²) in [6.07, 6.45) is 3.34. The molecule has 4 rings (SSSR count). The Balaban J connectivity index is 0.00000324. The minimum Gasteiger partial charge on any atom is -0.351 e. The summed E-state index contributed by atoms with van der Waals surface area (Å²) in [6.45, 7) is 8.04. The van der Waals surface area contributed by atoms with Gasteiger partial charge < -0.3 is 10.6 Å². The zero-order valence-electron chi connectivity index (χ0n) is 20.2. The van der Waals surface area contributed by atoms with Gasteiger partial charge in [0.25, 0.3) is 5.82 Å². The number of carbonyl (C=O) groups is 3. The van der Waals surface area contributed by atoms with Gasteiger partial charge >= 0.3 is 5.91 Å². The Morgan fingerprint density at radius 3 is 2.50 bits per heavy atom. The Hall–Kier alpha value is -2.93. The first-order valence-electron chi connectivity index (χ1n) is 11.8. The molecule has 2 aliphatic heterocycles. The molecule has 8 heteroatoms. The molecule has 0 bridgehead atoms. The van der Waals surface area contributed by atoms with Gasteiger partial charge in [-0.2, -0.15) is 4.90 Å². The number of anilines is 1. The van der Waals surface area contributed by atoms with Crippen LogP contribution in [0, 0.1) is 5.92 Å². The van der Waals surface area contributed by atoms with Crippen molar-refractivity contribution in [3.63, 3.8) is 0 Å². The van der Waals surface area contributed by atoms with Gasteiger partial charge in [0.1, 0.15) is 12.1 Å². The van der Waals surface area contributed by atoms with Crippen molar-refractivity contribution in [3.8, 4) is 0 Å². The number of hydrogen-bond donors (Lipinski definition) is 2. The molecule has 34 heavy (non-hydrogen) atoms. The van der Waals surface area contributed by atoms with Crippen LogP contribution in [0.3, 0.4) is 0 Å². The Bertz CT molecular complexity index is 1060. The summed E-state index contributed by atoms with van der Waals surface area (Å²) in [4.78, 5) is 40.8. The summed E-state index contributed by atoms with van der Waals surface area (Å²) in [5.41, 5.74) is 2.04. The maximum absolute atomic E-state index is 13.6. The third kappa shape index (κ3) is 4.67. The number of pyridine rings is 1. The molecule has 182 valence electrons. The lowest BCUT2D eigenvalue weighted by molar-refractivity contribution is -0.711. The van der Waals surface area contributed by atoms with Crippen molar-refractivity contribution in [2.75, 3.05) is 11.4 Å². The number of rotatable bonds is 7. The minimum absolute atomic E-state index is 0. The van der Waals surface area contributed by atoms with Crippen LogP contribution in [0.5, 0.6) is 0 Å². The van der Waals surface area contributed by atoms with Gasteiger partial charge in [0.2, 0.25) is 11.8 Å². The quantitative estimate of drug-likeness (QED) is 0.591. The smallest absolute Gasteiger partial charge is 0.336 e. The predicted molar refractivity (Wildman–Crippen MR) is 133 cm³/mol. The normalized spacial score (nSPS) is 22.3. The number of hydrogen-bond acceptors (Lipinski definition) is 3. The molecule has 1 aromatic carbocycles. The zero-order chi connectivity index (χ0) is 23.7. The van der Waals surface area contributed by atoms with E-state index in [9.17, 15) is 14.4 Å². The second kappa shape index (κ2) is 10.6. The van der Waals surface area contributed by atoms with Crippen molar-refractivity contribution >= 4 is 35.9 Å². The molecule has 0 radical (unpaired) electrons. The number of nitrogens with zero attached hydrogens (tertiary/aromatic N) is 2. The van der Waals surface area contributed by atoms with Gasteiger partial charge in [-0.05, 0) is 38.0 Å². The highest BCUT2D eigenvalue weighted by Gasteiger charge is 2.53. The number of halogens is 1. The predicted octanol–water partition coefficient (Wildman–Crippen LogP) is 2.68. The first-order chi connectivity index (χ1) is 15.8. The first kappa shape index (κ1) is 25.7. The van der Waals surface area contributed by atoms with E-state index in [1.165, 1.54) is 0 Å². The molecule has 3 amide bonds. The van der Waals surface area contributed by atoms with Crippen LogP contribution in [0.4, 0.5) is 5.82 Å². The van der Waals surface area contributed by atoms with Crippen LogP contribution < -0.4 is 20.1 Å². The fraction of sp³-hybridized carbons (Fsp3) is 0.462. The molecule has 0 fully saturated rings. The summed E-state index contributed by atoms with van der Waals surface area (Å²) in [6, 6.07) is 12.7. The summed E-state index contributed by atoms with van der Waals surface area (Å²) < 4.78 is 2.08. The van der Waals surface area contributed by atoms with Gasteiger partial charge in [0.05, 0.1) is 18.7 Å². The number of aromatic nitrogens is 1. The van der Waals surface area contributed by atoms with E-state index >= 15 is 0 Å². The van der Waals surface area contributed by atoms with Crippen LogP contribution in [0.25, 0.3) is 0 Å². The highest BCUT2D eigenvalue weighted by molar-refractivity contribution is 6.01. The standard InChI is InChI=1S/C26H32N4O3.ClH/c1-5-16(2)23(31)28-22-18(4)29-13-9-12-20-14-21(30(25(20)29)26(22)33)15-27-24(32)17(3)19-10-7-6-8-11-19;/h6-13,16-18,21-22H,5,14-15H2,1-4H3,(H-,27,28,31,32);1H/p+1/t16-,17?,18?,21+,22+;/m1./s1. The topological polar surface area (TPSA) is 82.4 Å². The molecule has 3 heterocycles. The van der Waals surface area contributed by atoms with Crippen LogP contribution in [0.1, 0.15) is 57.2 Å². The maximum atomic E-state index is 13.6. The lowest BCUT2D eigenvalue weighted by atomic mass is 10.0. The van der Waals surface area contributed by atoms with Gasteiger partial charge in [0, 0.05) is 17.9 Å². The fourth-order valence-corrected chi connectivity index (χ4v) is 4.74. The average Bonchev–Trinajstić information content (AvgIpc) is 3.22. The second-order valence-corrected chi connectivity index (χ2v) is 9.24. The Morgan fingerprint density at radius 1 is 1.12 bits per heavy atom. The molecule has 2 unspecified atom stereocenters. The first-order valence-corrected chi connectivity index (χ1v) is 11.8. The van der Waals surface area contributed by atoms with Crippen molar-refractivity contribution in [3.05, 3.63) is 59.8 Å². The van der Waals surface area contributed by atoms with Crippen LogP contribution in [0.15, 0.2) is 48.7 Å². The van der Waals surface area contributed by atoms with E-state index in [4.69, 9.17) is 0 Å². The Labute approximate surface area is 207 Å². The van der Waals surface area contributed by atoms with Gasteiger partial charge in [0.15, 0.2) is 6.04 Å². The highest BCUT2D eigenvalue weighted by atomic mass is 35.5.